The zero-order valence-corrected chi connectivity index (χ0v) is 17.0. The highest BCUT2D eigenvalue weighted by molar-refractivity contribution is 6.39. The molecule has 2 amide bonds. The van der Waals surface area contributed by atoms with Crippen molar-refractivity contribution < 1.29 is 14.0 Å². The summed E-state index contributed by atoms with van der Waals surface area (Å²) in [5, 5.41) is 2.70. The molecular weight excluding hydrogens is 383 g/mol. The van der Waals surface area contributed by atoms with Gasteiger partial charge in [-0.2, -0.15) is 0 Å². The van der Waals surface area contributed by atoms with Gasteiger partial charge in [-0.15, -0.1) is 0 Å². The van der Waals surface area contributed by atoms with Crippen LogP contribution < -0.4 is 15.1 Å². The molecule has 0 radical (unpaired) electrons. The number of carbonyl (C=O) groups is 2. The summed E-state index contributed by atoms with van der Waals surface area (Å²) in [7, 11) is 0. The molecule has 2 heterocycles. The molecule has 30 heavy (non-hydrogen) atoms. The SMILES string of the molecule is O=C(Nc1ccc(N2CCCCC2)cc1)C(=O)N1CCN(c2ccccc2F)CC1. The Morgan fingerprint density at radius 1 is 0.767 bits per heavy atom. The molecule has 2 aromatic carbocycles. The summed E-state index contributed by atoms with van der Waals surface area (Å²) in [6.07, 6.45) is 3.69. The zero-order chi connectivity index (χ0) is 20.9. The van der Waals surface area contributed by atoms with E-state index in [4.69, 9.17) is 0 Å². The Bertz CT molecular complexity index is 888. The van der Waals surface area contributed by atoms with Gasteiger partial charge in [0.15, 0.2) is 0 Å². The molecule has 7 heteroatoms. The summed E-state index contributed by atoms with van der Waals surface area (Å²) in [6.45, 7) is 3.87. The van der Waals surface area contributed by atoms with Gasteiger partial charge in [-0.3, -0.25) is 9.59 Å². The molecule has 1 N–H and O–H groups in total. The van der Waals surface area contributed by atoms with Crippen LogP contribution in [0.1, 0.15) is 19.3 Å². The molecule has 4 rings (SSSR count). The summed E-state index contributed by atoms with van der Waals surface area (Å²) in [5.74, 6) is -1.47. The molecule has 6 nitrogen and oxygen atoms in total. The first-order valence-corrected chi connectivity index (χ1v) is 10.6. The van der Waals surface area contributed by atoms with Crippen LogP contribution in [0, 0.1) is 5.82 Å². The van der Waals surface area contributed by atoms with E-state index >= 15 is 0 Å². The minimum Gasteiger partial charge on any atom is -0.372 e. The third kappa shape index (κ3) is 4.56. The van der Waals surface area contributed by atoms with Crippen molar-refractivity contribution in [1.29, 1.82) is 0 Å². The number of nitrogens with zero attached hydrogens (tertiary/aromatic N) is 3. The Hall–Kier alpha value is -3.09. The van der Waals surface area contributed by atoms with E-state index in [0.717, 1.165) is 18.8 Å². The number of amides is 2. The smallest absolute Gasteiger partial charge is 0.313 e. The van der Waals surface area contributed by atoms with Crippen molar-refractivity contribution in [1.82, 2.24) is 4.90 Å². The first-order chi connectivity index (χ1) is 14.6. The number of carbonyl (C=O) groups excluding carboxylic acids is 2. The molecule has 0 unspecified atom stereocenters. The summed E-state index contributed by atoms with van der Waals surface area (Å²) in [4.78, 5) is 30.7. The molecule has 2 aliphatic rings. The summed E-state index contributed by atoms with van der Waals surface area (Å²) >= 11 is 0. The van der Waals surface area contributed by atoms with Gasteiger partial charge in [0, 0.05) is 50.6 Å². The maximum Gasteiger partial charge on any atom is 0.313 e. The van der Waals surface area contributed by atoms with E-state index < -0.39 is 11.8 Å². The Kier molecular flexibility index (Phi) is 6.16. The van der Waals surface area contributed by atoms with E-state index in [1.54, 1.807) is 18.2 Å². The molecule has 0 aromatic heterocycles. The highest BCUT2D eigenvalue weighted by atomic mass is 19.1. The molecule has 0 saturated carbocycles. The van der Waals surface area contributed by atoms with E-state index in [1.165, 1.54) is 30.2 Å². The number of benzene rings is 2. The minimum atomic E-state index is -0.639. The number of hydrogen-bond donors (Lipinski definition) is 1. The van der Waals surface area contributed by atoms with Crippen molar-refractivity contribution in [3.8, 4) is 0 Å². The van der Waals surface area contributed by atoms with Crippen LogP contribution in [-0.4, -0.2) is 56.0 Å². The average Bonchev–Trinajstić information content (AvgIpc) is 2.80. The molecule has 0 spiro atoms. The van der Waals surface area contributed by atoms with Crippen molar-refractivity contribution in [3.05, 3.63) is 54.3 Å². The molecule has 2 fully saturated rings. The van der Waals surface area contributed by atoms with E-state index in [2.05, 4.69) is 10.2 Å². The highest BCUT2D eigenvalue weighted by Gasteiger charge is 2.27. The van der Waals surface area contributed by atoms with Crippen LogP contribution in [0.15, 0.2) is 48.5 Å². The fraction of sp³-hybridized carbons (Fsp3) is 0.391. The molecule has 0 atom stereocenters. The van der Waals surface area contributed by atoms with E-state index in [0.29, 0.717) is 37.6 Å². The van der Waals surface area contributed by atoms with Gasteiger partial charge in [-0.05, 0) is 55.7 Å². The van der Waals surface area contributed by atoms with Crippen molar-refractivity contribution in [3.63, 3.8) is 0 Å². The molecular formula is C23H27FN4O2. The maximum atomic E-state index is 14.0. The van der Waals surface area contributed by atoms with Crippen LogP contribution in [0.5, 0.6) is 0 Å². The second-order valence-corrected chi connectivity index (χ2v) is 7.78. The van der Waals surface area contributed by atoms with Crippen molar-refractivity contribution in [2.24, 2.45) is 0 Å². The van der Waals surface area contributed by atoms with Gasteiger partial charge in [0.2, 0.25) is 0 Å². The third-order valence-corrected chi connectivity index (χ3v) is 5.80. The monoisotopic (exact) mass is 410 g/mol. The Morgan fingerprint density at radius 2 is 1.43 bits per heavy atom. The molecule has 158 valence electrons. The number of rotatable bonds is 3. The molecule has 0 aliphatic carbocycles. The number of piperazine rings is 1. The number of anilines is 3. The second-order valence-electron chi connectivity index (χ2n) is 7.78. The van der Waals surface area contributed by atoms with E-state index in [9.17, 15) is 14.0 Å². The van der Waals surface area contributed by atoms with Gasteiger partial charge in [0.25, 0.3) is 0 Å². The lowest BCUT2D eigenvalue weighted by molar-refractivity contribution is -0.143. The molecule has 2 aliphatic heterocycles. The van der Waals surface area contributed by atoms with E-state index in [-0.39, 0.29) is 5.82 Å². The number of hydrogen-bond acceptors (Lipinski definition) is 4. The van der Waals surface area contributed by atoms with Crippen molar-refractivity contribution >= 4 is 28.9 Å². The van der Waals surface area contributed by atoms with Gasteiger partial charge in [-0.1, -0.05) is 12.1 Å². The first-order valence-electron chi connectivity index (χ1n) is 10.6. The number of para-hydroxylation sites is 1. The quantitative estimate of drug-likeness (QED) is 0.790. The number of halogens is 1. The van der Waals surface area contributed by atoms with Gasteiger partial charge in [0.05, 0.1) is 5.69 Å². The minimum absolute atomic E-state index is 0.275. The lowest BCUT2D eigenvalue weighted by Crippen LogP contribution is -2.51. The fourth-order valence-electron chi connectivity index (χ4n) is 4.09. The standard InChI is InChI=1S/C23H27FN4O2/c24-20-6-2-3-7-21(20)27-14-16-28(17-15-27)23(30)22(29)25-18-8-10-19(11-9-18)26-12-4-1-5-13-26/h2-3,6-11H,1,4-5,12-17H2,(H,25,29). The topological polar surface area (TPSA) is 55.9 Å². The third-order valence-electron chi connectivity index (χ3n) is 5.80. The van der Waals surface area contributed by atoms with Crippen LogP contribution in [0.25, 0.3) is 0 Å². The lowest BCUT2D eigenvalue weighted by Gasteiger charge is -2.35. The van der Waals surface area contributed by atoms with Gasteiger partial charge >= 0.3 is 11.8 Å². The fourth-order valence-corrected chi connectivity index (χ4v) is 4.09. The van der Waals surface area contributed by atoms with Crippen molar-refractivity contribution in [2.75, 3.05) is 54.4 Å². The Morgan fingerprint density at radius 3 is 2.10 bits per heavy atom. The Balaban J connectivity index is 1.30. The lowest BCUT2D eigenvalue weighted by atomic mass is 10.1. The molecule has 2 saturated heterocycles. The van der Waals surface area contributed by atoms with E-state index in [1.807, 2.05) is 29.2 Å². The largest absolute Gasteiger partial charge is 0.372 e. The van der Waals surface area contributed by atoms with Crippen molar-refractivity contribution in [2.45, 2.75) is 19.3 Å². The predicted octanol–water partition coefficient (Wildman–Crippen LogP) is 3.10. The van der Waals surface area contributed by atoms with Crippen LogP contribution in [0.3, 0.4) is 0 Å². The van der Waals surface area contributed by atoms with Gasteiger partial charge in [0.1, 0.15) is 5.82 Å². The average molecular weight is 410 g/mol. The normalized spacial score (nSPS) is 17.0. The van der Waals surface area contributed by atoms with Gasteiger partial charge < -0.3 is 20.0 Å². The number of piperidine rings is 1. The summed E-state index contributed by atoms with van der Waals surface area (Å²) in [5.41, 5.74) is 2.28. The zero-order valence-electron chi connectivity index (χ0n) is 17.0. The van der Waals surface area contributed by atoms with Crippen LogP contribution >= 0.6 is 0 Å². The van der Waals surface area contributed by atoms with Gasteiger partial charge in [-0.25, -0.2) is 4.39 Å². The highest BCUT2D eigenvalue weighted by Crippen LogP contribution is 2.22. The van der Waals surface area contributed by atoms with Crippen LogP contribution in [0.2, 0.25) is 0 Å². The summed E-state index contributed by atoms with van der Waals surface area (Å²) in [6, 6.07) is 14.2. The summed E-state index contributed by atoms with van der Waals surface area (Å²) < 4.78 is 14.0. The Labute approximate surface area is 176 Å². The van der Waals surface area contributed by atoms with Crippen LogP contribution in [-0.2, 0) is 9.59 Å². The predicted molar refractivity (Wildman–Crippen MR) is 116 cm³/mol. The van der Waals surface area contributed by atoms with Crippen LogP contribution in [0.4, 0.5) is 21.5 Å². The molecule has 0 bridgehead atoms. The first kappa shape index (κ1) is 20.2. The number of nitrogens with one attached hydrogen (secondary N) is 1. The maximum absolute atomic E-state index is 14.0. The molecule has 2 aromatic rings. The second kappa shape index (κ2) is 9.15.